The molecule has 0 unspecified atom stereocenters. The maximum absolute atomic E-state index is 10.1. The topological polar surface area (TPSA) is 164 Å². The molecule has 0 aromatic heterocycles. The van der Waals surface area contributed by atoms with Crippen LogP contribution < -0.4 is 5.73 Å². The van der Waals surface area contributed by atoms with E-state index in [1.807, 2.05) is 12.1 Å². The van der Waals surface area contributed by atoms with Crippen molar-refractivity contribution in [1.82, 2.24) is 0 Å². The Hall–Kier alpha value is -2.59. The Balaban J connectivity index is 0.000000330. The van der Waals surface area contributed by atoms with Gasteiger partial charge in [0.25, 0.3) is 0 Å². The third-order valence-electron chi connectivity index (χ3n) is 4.66. The quantitative estimate of drug-likeness (QED) is 0.298. The summed E-state index contributed by atoms with van der Waals surface area (Å²) in [6, 6.07) is 21.0. The number of hydrogen-bond donors (Lipinski definition) is 7. The molecule has 0 heterocycles. The Morgan fingerprint density at radius 2 is 1.32 bits per heavy atom. The lowest BCUT2D eigenvalue weighted by molar-refractivity contribution is -0.164. The first-order valence-electron chi connectivity index (χ1n) is 9.87. The van der Waals surface area contributed by atoms with Gasteiger partial charge in [0.05, 0.1) is 6.61 Å². The Labute approximate surface area is 181 Å². The van der Waals surface area contributed by atoms with Gasteiger partial charge in [-0.3, -0.25) is 0 Å². The summed E-state index contributed by atoms with van der Waals surface area (Å²) in [5.41, 5.74) is 11.0. The van der Waals surface area contributed by atoms with E-state index >= 15 is 0 Å². The first-order valence-corrected chi connectivity index (χ1v) is 9.87. The lowest BCUT2D eigenvalue weighted by Gasteiger charge is -2.23. The molecule has 31 heavy (non-hydrogen) atoms. The SMILES string of the molecule is CCC(CN)=C(c1ccccc1)c1ccccc1.O=C(O)[C@H](O)[C@@H](O)[C@H](O)[C@H](O)CO. The van der Waals surface area contributed by atoms with E-state index in [0.717, 1.165) is 6.42 Å². The minimum atomic E-state index is -2.20. The van der Waals surface area contributed by atoms with Crippen LogP contribution in [0.4, 0.5) is 0 Å². The molecule has 8 N–H and O–H groups in total. The van der Waals surface area contributed by atoms with Crippen molar-refractivity contribution < 1.29 is 35.4 Å². The monoisotopic (exact) mass is 433 g/mol. The first kappa shape index (κ1) is 26.4. The van der Waals surface area contributed by atoms with Crippen molar-refractivity contribution in [3.8, 4) is 0 Å². The lowest BCUT2D eigenvalue weighted by atomic mass is 9.92. The van der Waals surface area contributed by atoms with E-state index in [-0.39, 0.29) is 0 Å². The summed E-state index contributed by atoms with van der Waals surface area (Å²) >= 11 is 0. The van der Waals surface area contributed by atoms with Crippen LogP contribution in [0.3, 0.4) is 0 Å². The van der Waals surface area contributed by atoms with E-state index in [1.54, 1.807) is 0 Å². The summed E-state index contributed by atoms with van der Waals surface area (Å²) in [7, 11) is 0. The van der Waals surface area contributed by atoms with Gasteiger partial charge in [0.1, 0.15) is 18.3 Å². The van der Waals surface area contributed by atoms with E-state index in [4.69, 9.17) is 36.4 Å². The molecule has 8 heteroatoms. The van der Waals surface area contributed by atoms with Crippen LogP contribution in [0.15, 0.2) is 66.2 Å². The largest absolute Gasteiger partial charge is 0.479 e. The molecule has 2 aromatic carbocycles. The second-order valence-electron chi connectivity index (χ2n) is 6.78. The van der Waals surface area contributed by atoms with Crippen molar-refractivity contribution in [3.63, 3.8) is 0 Å². The number of rotatable bonds is 9. The minimum Gasteiger partial charge on any atom is -0.479 e. The summed E-state index contributed by atoms with van der Waals surface area (Å²) in [5, 5.41) is 51.8. The molecular formula is C23H31NO7. The fourth-order valence-corrected chi connectivity index (χ4v) is 2.88. The second kappa shape index (κ2) is 13.7. The Kier molecular flexibility index (Phi) is 11.7. The zero-order valence-electron chi connectivity index (χ0n) is 17.4. The predicted molar refractivity (Wildman–Crippen MR) is 117 cm³/mol. The van der Waals surface area contributed by atoms with Crippen LogP contribution in [0.1, 0.15) is 24.5 Å². The van der Waals surface area contributed by atoms with E-state index in [1.165, 1.54) is 22.3 Å². The van der Waals surface area contributed by atoms with Gasteiger partial charge >= 0.3 is 5.97 Å². The Morgan fingerprint density at radius 1 is 0.871 bits per heavy atom. The van der Waals surface area contributed by atoms with Crippen LogP contribution in [0.2, 0.25) is 0 Å². The van der Waals surface area contributed by atoms with Gasteiger partial charge in [0.15, 0.2) is 6.10 Å². The number of aliphatic carboxylic acids is 1. The zero-order chi connectivity index (χ0) is 23.4. The van der Waals surface area contributed by atoms with Gasteiger partial charge in [-0.15, -0.1) is 0 Å². The molecule has 0 aliphatic rings. The third-order valence-corrected chi connectivity index (χ3v) is 4.66. The summed E-state index contributed by atoms with van der Waals surface area (Å²) in [6.07, 6.45) is -6.86. The second-order valence-corrected chi connectivity index (χ2v) is 6.78. The van der Waals surface area contributed by atoms with Gasteiger partial charge in [0, 0.05) is 6.54 Å². The minimum absolute atomic E-state index is 0.607. The molecule has 0 bridgehead atoms. The number of aliphatic hydroxyl groups is 5. The molecule has 2 aromatic rings. The number of carboxylic acids is 1. The van der Waals surface area contributed by atoms with E-state index in [9.17, 15) is 4.79 Å². The normalized spacial score (nSPS) is 14.4. The molecule has 2 rings (SSSR count). The van der Waals surface area contributed by atoms with E-state index < -0.39 is 37.0 Å². The zero-order valence-corrected chi connectivity index (χ0v) is 17.4. The van der Waals surface area contributed by atoms with Crippen LogP contribution in [-0.4, -0.2) is 74.2 Å². The number of carboxylic acid groups (broad SMARTS) is 1. The number of hydrogen-bond acceptors (Lipinski definition) is 7. The molecule has 0 fully saturated rings. The Morgan fingerprint density at radius 3 is 1.65 bits per heavy atom. The van der Waals surface area contributed by atoms with Gasteiger partial charge in [-0.05, 0) is 28.7 Å². The van der Waals surface area contributed by atoms with Crippen molar-refractivity contribution in [3.05, 3.63) is 77.4 Å². The molecule has 0 aliphatic heterocycles. The van der Waals surface area contributed by atoms with E-state index in [2.05, 4.69) is 55.5 Å². The van der Waals surface area contributed by atoms with Crippen molar-refractivity contribution in [2.24, 2.45) is 5.73 Å². The molecule has 0 saturated carbocycles. The van der Waals surface area contributed by atoms with Crippen molar-refractivity contribution in [2.45, 2.75) is 37.8 Å². The molecule has 0 spiro atoms. The number of carbonyl (C=O) groups is 1. The molecule has 0 amide bonds. The van der Waals surface area contributed by atoms with Gasteiger partial charge in [-0.1, -0.05) is 67.6 Å². The third kappa shape index (κ3) is 7.87. The van der Waals surface area contributed by atoms with E-state index in [0.29, 0.717) is 6.54 Å². The summed E-state index contributed by atoms with van der Waals surface area (Å²) in [6.45, 7) is 1.92. The molecule has 8 nitrogen and oxygen atoms in total. The Bertz CT molecular complexity index is 764. The summed E-state index contributed by atoms with van der Waals surface area (Å²) in [4.78, 5) is 10.1. The standard InChI is InChI=1S/C17H19N.C6H12O7/c1-2-14(13-18)17(15-9-5-3-6-10-15)16-11-7-4-8-12-16;7-1-2(8)3(9)4(10)5(11)6(12)13/h3-12H,2,13,18H2,1H3;2-5,7-11H,1H2,(H,12,13)/t;2-,3-,4+,5-/m.1/s1. The average molecular weight is 434 g/mol. The summed E-state index contributed by atoms with van der Waals surface area (Å²) in [5.74, 6) is -1.73. The van der Waals surface area contributed by atoms with Crippen molar-refractivity contribution in [2.75, 3.05) is 13.2 Å². The molecule has 4 atom stereocenters. The highest BCUT2D eigenvalue weighted by atomic mass is 16.4. The summed E-state index contributed by atoms with van der Waals surface area (Å²) < 4.78 is 0. The number of nitrogens with two attached hydrogens (primary N) is 1. The van der Waals surface area contributed by atoms with Gasteiger partial charge in [0.2, 0.25) is 0 Å². The molecule has 0 saturated heterocycles. The average Bonchev–Trinajstić information content (AvgIpc) is 2.81. The van der Waals surface area contributed by atoms with Crippen LogP contribution >= 0.6 is 0 Å². The van der Waals surface area contributed by atoms with Gasteiger partial charge in [-0.25, -0.2) is 4.79 Å². The number of benzene rings is 2. The fraction of sp³-hybridized carbons (Fsp3) is 0.348. The fourth-order valence-electron chi connectivity index (χ4n) is 2.88. The van der Waals surface area contributed by atoms with Gasteiger partial charge in [-0.2, -0.15) is 0 Å². The van der Waals surface area contributed by atoms with Crippen molar-refractivity contribution >= 4 is 11.5 Å². The maximum Gasteiger partial charge on any atom is 0.335 e. The van der Waals surface area contributed by atoms with Gasteiger partial charge < -0.3 is 36.4 Å². The first-order chi connectivity index (χ1) is 14.8. The van der Waals surface area contributed by atoms with Crippen LogP contribution in [0.5, 0.6) is 0 Å². The number of aliphatic hydroxyl groups excluding tert-OH is 5. The van der Waals surface area contributed by atoms with Crippen LogP contribution in [0, 0.1) is 0 Å². The molecular weight excluding hydrogens is 402 g/mol. The molecule has 0 aliphatic carbocycles. The predicted octanol–water partition coefficient (Wildman–Crippen LogP) is 0.364. The van der Waals surface area contributed by atoms with Crippen LogP contribution in [-0.2, 0) is 4.79 Å². The van der Waals surface area contributed by atoms with Crippen molar-refractivity contribution in [1.29, 1.82) is 0 Å². The molecule has 170 valence electrons. The lowest BCUT2D eigenvalue weighted by Crippen LogP contribution is -2.48. The smallest absolute Gasteiger partial charge is 0.335 e. The highest BCUT2D eigenvalue weighted by Crippen LogP contribution is 2.27. The highest BCUT2D eigenvalue weighted by Gasteiger charge is 2.33. The van der Waals surface area contributed by atoms with Crippen LogP contribution in [0.25, 0.3) is 5.57 Å². The molecule has 0 radical (unpaired) electrons. The maximum atomic E-state index is 10.1. The highest BCUT2D eigenvalue weighted by molar-refractivity contribution is 5.82.